The summed E-state index contributed by atoms with van der Waals surface area (Å²) in [5.74, 6) is 0.966. The van der Waals surface area contributed by atoms with E-state index in [9.17, 15) is 4.79 Å². The molecule has 1 heterocycles. The van der Waals surface area contributed by atoms with E-state index in [0.717, 1.165) is 5.56 Å². The molecule has 0 fully saturated rings. The van der Waals surface area contributed by atoms with Crippen LogP contribution in [0.4, 0.5) is 5.13 Å². The normalized spacial score (nSPS) is 10.5. The van der Waals surface area contributed by atoms with Gasteiger partial charge in [0.05, 0.1) is 14.2 Å². The Hall–Kier alpha value is -2.34. The van der Waals surface area contributed by atoms with Crippen molar-refractivity contribution in [3.8, 4) is 11.5 Å². The quantitative estimate of drug-likeness (QED) is 0.860. The monoisotopic (exact) mass is 290 g/mol. The van der Waals surface area contributed by atoms with Crippen molar-refractivity contribution < 1.29 is 14.3 Å². The van der Waals surface area contributed by atoms with Gasteiger partial charge in [0.1, 0.15) is 0 Å². The summed E-state index contributed by atoms with van der Waals surface area (Å²) in [7, 11) is 3.13. The molecule has 104 valence electrons. The van der Waals surface area contributed by atoms with Gasteiger partial charge in [-0.15, -0.1) is 11.3 Å². The standard InChI is InChI=1S/C14H14N2O3S/c1-18-11-5-3-4-10(13(11)19-2)6-7-12(17)16-14-15-8-9-20-14/h3-9H,1-2H3,(H,15,16,17). The second-order valence-corrected chi connectivity index (χ2v) is 4.64. The van der Waals surface area contributed by atoms with Gasteiger partial charge in [-0.3, -0.25) is 10.1 Å². The van der Waals surface area contributed by atoms with Crippen LogP contribution in [0.2, 0.25) is 0 Å². The number of hydrogen-bond donors (Lipinski definition) is 1. The topological polar surface area (TPSA) is 60.5 Å². The lowest BCUT2D eigenvalue weighted by atomic mass is 10.1. The molecule has 0 unspecified atom stereocenters. The summed E-state index contributed by atoms with van der Waals surface area (Å²) in [5.41, 5.74) is 0.765. The number of ether oxygens (including phenoxy) is 2. The van der Waals surface area contributed by atoms with Gasteiger partial charge >= 0.3 is 0 Å². The van der Waals surface area contributed by atoms with Gasteiger partial charge in [-0.05, 0) is 12.1 Å². The molecule has 0 spiro atoms. The van der Waals surface area contributed by atoms with Crippen molar-refractivity contribution in [2.75, 3.05) is 19.5 Å². The molecular formula is C14H14N2O3S. The van der Waals surface area contributed by atoms with E-state index in [2.05, 4.69) is 10.3 Å². The van der Waals surface area contributed by atoms with Crippen molar-refractivity contribution in [3.63, 3.8) is 0 Å². The molecule has 6 heteroatoms. The van der Waals surface area contributed by atoms with Crippen LogP contribution in [0.1, 0.15) is 5.56 Å². The molecule has 0 aliphatic heterocycles. The highest BCUT2D eigenvalue weighted by molar-refractivity contribution is 7.13. The first-order valence-corrected chi connectivity index (χ1v) is 6.72. The van der Waals surface area contributed by atoms with Crippen LogP contribution < -0.4 is 14.8 Å². The Balaban J connectivity index is 2.13. The lowest BCUT2D eigenvalue weighted by Crippen LogP contribution is -2.07. The maximum absolute atomic E-state index is 11.7. The first-order valence-electron chi connectivity index (χ1n) is 5.84. The predicted molar refractivity (Wildman–Crippen MR) is 79.3 cm³/mol. The summed E-state index contributed by atoms with van der Waals surface area (Å²) < 4.78 is 10.5. The van der Waals surface area contributed by atoms with Crippen LogP contribution in [-0.2, 0) is 4.79 Å². The van der Waals surface area contributed by atoms with Gasteiger partial charge in [0.25, 0.3) is 0 Å². The van der Waals surface area contributed by atoms with Gasteiger partial charge in [-0.25, -0.2) is 4.98 Å². The summed E-state index contributed by atoms with van der Waals surface area (Å²) in [5, 5.41) is 5.03. The van der Waals surface area contributed by atoms with Crippen molar-refractivity contribution >= 4 is 28.5 Å². The maximum atomic E-state index is 11.7. The van der Waals surface area contributed by atoms with Crippen molar-refractivity contribution in [2.24, 2.45) is 0 Å². The zero-order valence-electron chi connectivity index (χ0n) is 11.1. The number of thiazole rings is 1. The lowest BCUT2D eigenvalue weighted by molar-refractivity contribution is -0.111. The molecule has 0 bridgehead atoms. The first kappa shape index (κ1) is 14.1. The Kier molecular flexibility index (Phi) is 4.73. The molecule has 0 saturated carbocycles. The van der Waals surface area contributed by atoms with E-state index in [-0.39, 0.29) is 5.91 Å². The molecule has 0 radical (unpaired) electrons. The molecule has 2 aromatic rings. The molecule has 2 rings (SSSR count). The van der Waals surface area contributed by atoms with E-state index in [1.165, 1.54) is 17.4 Å². The highest BCUT2D eigenvalue weighted by Crippen LogP contribution is 2.31. The number of amides is 1. The third kappa shape index (κ3) is 3.36. The van der Waals surface area contributed by atoms with E-state index >= 15 is 0 Å². The number of nitrogens with zero attached hydrogens (tertiary/aromatic N) is 1. The number of aromatic nitrogens is 1. The van der Waals surface area contributed by atoms with Crippen molar-refractivity contribution in [1.82, 2.24) is 4.98 Å². The number of methoxy groups -OCH3 is 2. The number of benzene rings is 1. The minimum Gasteiger partial charge on any atom is -0.493 e. The third-order valence-corrected chi connectivity index (χ3v) is 3.20. The predicted octanol–water partition coefficient (Wildman–Crippen LogP) is 2.81. The molecule has 5 nitrogen and oxygen atoms in total. The van der Waals surface area contributed by atoms with E-state index in [4.69, 9.17) is 9.47 Å². The minimum absolute atomic E-state index is 0.246. The molecule has 0 saturated heterocycles. The van der Waals surface area contributed by atoms with E-state index in [1.807, 2.05) is 12.1 Å². The van der Waals surface area contributed by atoms with E-state index < -0.39 is 0 Å². The highest BCUT2D eigenvalue weighted by Gasteiger charge is 2.07. The largest absolute Gasteiger partial charge is 0.493 e. The minimum atomic E-state index is -0.246. The van der Waals surface area contributed by atoms with Gasteiger partial charge in [0, 0.05) is 23.2 Å². The Labute approximate surface area is 120 Å². The van der Waals surface area contributed by atoms with E-state index in [1.54, 1.807) is 37.9 Å². The second kappa shape index (κ2) is 6.72. The molecular weight excluding hydrogens is 276 g/mol. The number of nitrogens with one attached hydrogen (secondary N) is 1. The Morgan fingerprint density at radius 3 is 2.85 bits per heavy atom. The summed E-state index contributed by atoms with van der Waals surface area (Å²) >= 11 is 1.37. The zero-order chi connectivity index (χ0) is 14.4. The molecule has 20 heavy (non-hydrogen) atoms. The molecule has 1 N–H and O–H groups in total. The SMILES string of the molecule is COc1cccc(C=CC(=O)Nc2nccs2)c1OC. The van der Waals surface area contributed by atoms with Crippen LogP contribution in [0.25, 0.3) is 6.08 Å². The van der Waals surface area contributed by atoms with Crippen LogP contribution in [-0.4, -0.2) is 25.1 Å². The van der Waals surface area contributed by atoms with Gasteiger partial charge in [0.2, 0.25) is 5.91 Å². The van der Waals surface area contributed by atoms with Crippen LogP contribution in [0, 0.1) is 0 Å². The van der Waals surface area contributed by atoms with Gasteiger partial charge < -0.3 is 9.47 Å². The van der Waals surface area contributed by atoms with Crippen LogP contribution in [0.3, 0.4) is 0 Å². The molecule has 1 amide bonds. The first-order chi connectivity index (χ1) is 9.74. The third-order valence-electron chi connectivity index (χ3n) is 2.51. The second-order valence-electron chi connectivity index (χ2n) is 3.74. The maximum Gasteiger partial charge on any atom is 0.250 e. The fourth-order valence-electron chi connectivity index (χ4n) is 1.64. The number of anilines is 1. The number of hydrogen-bond acceptors (Lipinski definition) is 5. The average Bonchev–Trinajstić information content (AvgIpc) is 2.97. The fourth-order valence-corrected chi connectivity index (χ4v) is 2.17. The molecule has 1 aromatic carbocycles. The van der Waals surface area contributed by atoms with Crippen molar-refractivity contribution in [2.45, 2.75) is 0 Å². The van der Waals surface area contributed by atoms with Crippen LogP contribution in [0.15, 0.2) is 35.9 Å². The number of carbonyl (C=O) groups is 1. The Morgan fingerprint density at radius 2 is 2.20 bits per heavy atom. The van der Waals surface area contributed by atoms with Crippen LogP contribution in [0.5, 0.6) is 11.5 Å². The van der Waals surface area contributed by atoms with Crippen LogP contribution >= 0.6 is 11.3 Å². The number of carbonyl (C=O) groups excluding carboxylic acids is 1. The smallest absolute Gasteiger partial charge is 0.250 e. The summed E-state index contributed by atoms with van der Waals surface area (Å²) in [4.78, 5) is 15.7. The van der Waals surface area contributed by atoms with Crippen molar-refractivity contribution in [1.29, 1.82) is 0 Å². The average molecular weight is 290 g/mol. The number of para-hydroxylation sites is 1. The molecule has 0 atom stereocenters. The number of rotatable bonds is 5. The molecule has 0 aliphatic carbocycles. The lowest BCUT2D eigenvalue weighted by Gasteiger charge is -2.09. The highest BCUT2D eigenvalue weighted by atomic mass is 32.1. The summed E-state index contributed by atoms with van der Waals surface area (Å²) in [6.07, 6.45) is 4.73. The molecule has 0 aliphatic rings. The zero-order valence-corrected chi connectivity index (χ0v) is 11.9. The van der Waals surface area contributed by atoms with Gasteiger partial charge in [0.15, 0.2) is 16.6 Å². The summed E-state index contributed by atoms with van der Waals surface area (Å²) in [6, 6.07) is 5.47. The van der Waals surface area contributed by atoms with Gasteiger partial charge in [-0.1, -0.05) is 12.1 Å². The fraction of sp³-hybridized carbons (Fsp3) is 0.143. The Bertz CT molecular complexity index is 609. The van der Waals surface area contributed by atoms with Gasteiger partial charge in [-0.2, -0.15) is 0 Å². The van der Waals surface area contributed by atoms with E-state index in [0.29, 0.717) is 16.6 Å². The Morgan fingerprint density at radius 1 is 1.35 bits per heavy atom. The van der Waals surface area contributed by atoms with Crippen molar-refractivity contribution in [3.05, 3.63) is 41.4 Å². The molecule has 1 aromatic heterocycles. The summed E-state index contributed by atoms with van der Waals surface area (Å²) in [6.45, 7) is 0.